The van der Waals surface area contributed by atoms with Crippen molar-refractivity contribution in [2.24, 2.45) is 5.92 Å². The molecule has 0 bridgehead atoms. The molecule has 1 amide bonds. The molecule has 1 aliphatic carbocycles. The molecule has 0 unspecified atom stereocenters. The van der Waals surface area contributed by atoms with Crippen LogP contribution in [0, 0.1) is 5.92 Å². The summed E-state index contributed by atoms with van der Waals surface area (Å²) in [5.41, 5.74) is 8.36. The van der Waals surface area contributed by atoms with E-state index in [1.54, 1.807) is 0 Å². The van der Waals surface area contributed by atoms with E-state index >= 15 is 0 Å². The first-order chi connectivity index (χ1) is 16.6. The molecular weight excluding hydrogens is 416 g/mol. The van der Waals surface area contributed by atoms with Gasteiger partial charge in [0.05, 0.1) is 5.69 Å². The molecule has 3 nitrogen and oxygen atoms in total. The van der Waals surface area contributed by atoms with Crippen LogP contribution in [0.15, 0.2) is 91.0 Å². The van der Waals surface area contributed by atoms with Crippen LogP contribution in [0.5, 0.6) is 0 Å². The Hall–Kier alpha value is -3.59. The number of aromatic nitrogens is 1. The number of nitrogens with zero attached hydrogens (tertiary/aromatic N) is 1. The summed E-state index contributed by atoms with van der Waals surface area (Å²) >= 11 is 0. The van der Waals surface area contributed by atoms with Crippen molar-refractivity contribution in [1.29, 1.82) is 0 Å². The highest BCUT2D eigenvalue weighted by atomic mass is 16.1. The topological polar surface area (TPSA) is 34.0 Å². The molecule has 3 aromatic carbocycles. The van der Waals surface area contributed by atoms with E-state index < -0.39 is 0 Å². The Morgan fingerprint density at radius 3 is 2.35 bits per heavy atom. The number of carbonyl (C=O) groups excluding carboxylic acids is 1. The second-order valence-electron chi connectivity index (χ2n) is 9.62. The third kappa shape index (κ3) is 4.56. The summed E-state index contributed by atoms with van der Waals surface area (Å²) < 4.78 is 2.40. The lowest BCUT2D eigenvalue weighted by molar-refractivity contribution is 0.0951. The molecule has 1 N–H and O–H groups in total. The molecule has 1 aromatic heterocycles. The minimum atomic E-state index is -0.0269. The zero-order valence-corrected chi connectivity index (χ0v) is 20.0. The molecule has 0 aliphatic heterocycles. The first kappa shape index (κ1) is 22.2. The van der Waals surface area contributed by atoms with Crippen molar-refractivity contribution in [2.45, 2.75) is 39.0 Å². The van der Waals surface area contributed by atoms with E-state index in [1.807, 2.05) is 30.3 Å². The molecule has 1 aliphatic rings. The molecule has 1 heterocycles. The van der Waals surface area contributed by atoms with Crippen molar-refractivity contribution >= 4 is 5.91 Å². The third-order valence-corrected chi connectivity index (χ3v) is 7.03. The molecule has 0 saturated heterocycles. The van der Waals surface area contributed by atoms with Gasteiger partial charge in [-0.15, -0.1) is 0 Å². The molecule has 34 heavy (non-hydrogen) atoms. The summed E-state index contributed by atoms with van der Waals surface area (Å²) in [4.78, 5) is 12.8. The van der Waals surface area contributed by atoms with Gasteiger partial charge < -0.3 is 9.88 Å². The smallest absolute Gasteiger partial charge is 0.251 e. The Morgan fingerprint density at radius 1 is 0.971 bits per heavy atom. The number of hydrogen-bond donors (Lipinski definition) is 1. The highest BCUT2D eigenvalue weighted by Gasteiger charge is 2.23. The van der Waals surface area contributed by atoms with Crippen LogP contribution in [0.3, 0.4) is 0 Å². The van der Waals surface area contributed by atoms with E-state index in [-0.39, 0.29) is 11.8 Å². The van der Waals surface area contributed by atoms with Crippen molar-refractivity contribution < 1.29 is 4.79 Å². The maximum Gasteiger partial charge on any atom is 0.251 e. The van der Waals surface area contributed by atoms with Crippen LogP contribution in [0.2, 0.25) is 0 Å². The molecule has 0 radical (unpaired) electrons. The summed E-state index contributed by atoms with van der Waals surface area (Å²) in [5.74, 6) is 0.962. The van der Waals surface area contributed by atoms with Crippen LogP contribution in [0.1, 0.15) is 53.4 Å². The SMILES string of the molecule is C[C@H]1CCc2c(cc(-c3ccccc3)n2-c2ccc(C(=O)NC[C@@H](C)c3ccccc3)cc2)C1. The van der Waals surface area contributed by atoms with Gasteiger partial charge in [0.15, 0.2) is 0 Å². The second kappa shape index (κ2) is 9.72. The summed E-state index contributed by atoms with van der Waals surface area (Å²) in [6.45, 7) is 5.10. The largest absolute Gasteiger partial charge is 0.351 e. The molecular formula is C31H32N2O. The van der Waals surface area contributed by atoms with Crippen LogP contribution in [0.25, 0.3) is 16.9 Å². The number of amides is 1. The van der Waals surface area contributed by atoms with Crippen molar-refractivity contribution in [2.75, 3.05) is 6.54 Å². The number of nitrogens with one attached hydrogen (secondary N) is 1. The van der Waals surface area contributed by atoms with Gasteiger partial charge in [-0.2, -0.15) is 0 Å². The number of benzene rings is 3. The van der Waals surface area contributed by atoms with Crippen molar-refractivity contribution in [1.82, 2.24) is 9.88 Å². The molecule has 4 aromatic rings. The molecule has 172 valence electrons. The average molecular weight is 449 g/mol. The van der Waals surface area contributed by atoms with E-state index in [0.717, 1.165) is 24.4 Å². The number of hydrogen-bond acceptors (Lipinski definition) is 1. The fourth-order valence-corrected chi connectivity index (χ4v) is 5.04. The minimum Gasteiger partial charge on any atom is -0.351 e. The Kier molecular flexibility index (Phi) is 6.35. The Labute approximate surface area is 202 Å². The zero-order chi connectivity index (χ0) is 23.5. The Morgan fingerprint density at radius 2 is 1.65 bits per heavy atom. The highest BCUT2D eigenvalue weighted by Crippen LogP contribution is 2.35. The van der Waals surface area contributed by atoms with Gasteiger partial charge in [-0.25, -0.2) is 0 Å². The summed E-state index contributed by atoms with van der Waals surface area (Å²) in [7, 11) is 0. The van der Waals surface area contributed by atoms with Crippen molar-refractivity contribution in [3.8, 4) is 16.9 Å². The zero-order valence-electron chi connectivity index (χ0n) is 20.0. The van der Waals surface area contributed by atoms with Crippen molar-refractivity contribution in [3.05, 3.63) is 113 Å². The molecule has 0 fully saturated rings. The number of fused-ring (bicyclic) bond motifs is 1. The van der Waals surface area contributed by atoms with Crippen LogP contribution < -0.4 is 5.32 Å². The Balaban J connectivity index is 1.38. The predicted octanol–water partition coefficient (Wildman–Crippen LogP) is 6.80. The van der Waals surface area contributed by atoms with Crippen LogP contribution in [0.4, 0.5) is 0 Å². The monoisotopic (exact) mass is 448 g/mol. The van der Waals surface area contributed by atoms with E-state index in [2.05, 4.69) is 84.4 Å². The maximum atomic E-state index is 12.8. The van der Waals surface area contributed by atoms with Crippen molar-refractivity contribution in [3.63, 3.8) is 0 Å². The van der Waals surface area contributed by atoms with E-state index in [4.69, 9.17) is 0 Å². The van der Waals surface area contributed by atoms with Crippen LogP contribution in [-0.4, -0.2) is 17.0 Å². The van der Waals surface area contributed by atoms with Gasteiger partial charge in [-0.1, -0.05) is 74.5 Å². The fraction of sp³-hybridized carbons (Fsp3) is 0.258. The van der Waals surface area contributed by atoms with Gasteiger partial charge in [-0.05, 0) is 78.1 Å². The van der Waals surface area contributed by atoms with Gasteiger partial charge in [0.1, 0.15) is 0 Å². The highest BCUT2D eigenvalue weighted by molar-refractivity contribution is 5.94. The summed E-state index contributed by atoms with van der Waals surface area (Å²) in [6.07, 6.45) is 3.43. The molecule has 0 spiro atoms. The first-order valence-corrected chi connectivity index (χ1v) is 12.3. The molecule has 2 atom stereocenters. The normalized spacial score (nSPS) is 16.0. The summed E-state index contributed by atoms with van der Waals surface area (Å²) in [5, 5.41) is 3.10. The maximum absolute atomic E-state index is 12.8. The minimum absolute atomic E-state index is 0.0269. The standard InChI is InChI=1S/C31H32N2O/c1-22-13-18-29-27(19-22)20-30(25-11-7-4-8-12-25)33(29)28-16-14-26(15-17-28)31(34)32-21-23(2)24-9-5-3-6-10-24/h3-12,14-17,20,22-23H,13,18-19,21H2,1-2H3,(H,32,34)/t22-,23+/m0/s1. The van der Waals surface area contributed by atoms with Gasteiger partial charge in [0.2, 0.25) is 0 Å². The van der Waals surface area contributed by atoms with E-state index in [1.165, 1.54) is 34.5 Å². The van der Waals surface area contributed by atoms with Crippen LogP contribution in [-0.2, 0) is 12.8 Å². The van der Waals surface area contributed by atoms with E-state index in [0.29, 0.717) is 12.1 Å². The third-order valence-electron chi connectivity index (χ3n) is 7.03. The summed E-state index contributed by atoms with van der Waals surface area (Å²) in [6, 6.07) is 31.3. The molecule has 3 heteroatoms. The average Bonchev–Trinajstić information content (AvgIpc) is 3.26. The number of rotatable bonds is 6. The quantitative estimate of drug-likeness (QED) is 0.346. The fourth-order valence-electron chi connectivity index (χ4n) is 5.04. The van der Waals surface area contributed by atoms with E-state index in [9.17, 15) is 4.79 Å². The lowest BCUT2D eigenvalue weighted by Crippen LogP contribution is -2.27. The second-order valence-corrected chi connectivity index (χ2v) is 9.62. The first-order valence-electron chi connectivity index (χ1n) is 12.3. The predicted molar refractivity (Wildman–Crippen MR) is 140 cm³/mol. The van der Waals surface area contributed by atoms with Gasteiger partial charge in [0, 0.05) is 23.5 Å². The van der Waals surface area contributed by atoms with Gasteiger partial charge >= 0.3 is 0 Å². The molecule has 0 saturated carbocycles. The Bertz CT molecular complexity index is 1260. The van der Waals surface area contributed by atoms with Gasteiger partial charge in [-0.3, -0.25) is 4.79 Å². The molecule has 5 rings (SSSR count). The number of carbonyl (C=O) groups is 1. The van der Waals surface area contributed by atoms with Gasteiger partial charge in [0.25, 0.3) is 5.91 Å². The van der Waals surface area contributed by atoms with Crippen LogP contribution >= 0.6 is 0 Å². The lowest BCUT2D eigenvalue weighted by atomic mass is 9.89. The lowest BCUT2D eigenvalue weighted by Gasteiger charge is -2.21.